The zero-order valence-electron chi connectivity index (χ0n) is 16.4. The van der Waals surface area contributed by atoms with E-state index in [4.69, 9.17) is 11.6 Å². The molecular formula is C20H23ClFN5OS. The van der Waals surface area contributed by atoms with Crippen LogP contribution in [0, 0.1) is 11.7 Å². The molecule has 0 aliphatic carbocycles. The first-order valence-electron chi connectivity index (χ1n) is 9.75. The highest BCUT2D eigenvalue weighted by molar-refractivity contribution is 7.20. The van der Waals surface area contributed by atoms with Gasteiger partial charge < -0.3 is 5.32 Å². The van der Waals surface area contributed by atoms with Crippen LogP contribution >= 0.6 is 22.9 Å². The maximum atomic E-state index is 14.0. The van der Waals surface area contributed by atoms with Crippen LogP contribution in [-0.2, 0) is 6.42 Å². The van der Waals surface area contributed by atoms with Gasteiger partial charge in [0.05, 0.1) is 5.02 Å². The van der Waals surface area contributed by atoms with E-state index in [2.05, 4.69) is 27.2 Å². The van der Waals surface area contributed by atoms with Gasteiger partial charge in [0.25, 0.3) is 5.56 Å². The van der Waals surface area contributed by atoms with E-state index in [1.165, 1.54) is 21.9 Å². The molecule has 4 rings (SSSR count). The van der Waals surface area contributed by atoms with E-state index in [1.54, 1.807) is 12.1 Å². The fourth-order valence-corrected chi connectivity index (χ4v) is 4.94. The van der Waals surface area contributed by atoms with Gasteiger partial charge in [-0.2, -0.15) is 4.52 Å². The number of aromatic nitrogens is 3. The van der Waals surface area contributed by atoms with E-state index in [1.807, 2.05) is 13.1 Å². The molecule has 3 heterocycles. The number of likely N-dealkylation sites (tertiary alicyclic amines) is 1. The molecule has 1 N–H and O–H groups in total. The van der Waals surface area contributed by atoms with Crippen molar-refractivity contribution in [2.24, 2.45) is 5.92 Å². The Morgan fingerprint density at radius 2 is 2.21 bits per heavy atom. The van der Waals surface area contributed by atoms with Gasteiger partial charge in [-0.25, -0.2) is 9.37 Å². The van der Waals surface area contributed by atoms with Crippen molar-refractivity contribution < 1.29 is 4.39 Å². The molecule has 6 nitrogen and oxygen atoms in total. The molecule has 2 aromatic heterocycles. The standard InChI is InChI=1S/C20H23ClFN5OS/c1-3-4-14-10-17(28)27-20(24-14)29-19(25-27)23-11-13-7-8-26(2)18(13)12-5-6-15(21)16(22)9-12/h5-6,9-10,13,18H,3-4,7-8,11H2,1-2H3,(H,23,25). The van der Waals surface area contributed by atoms with E-state index >= 15 is 0 Å². The van der Waals surface area contributed by atoms with Gasteiger partial charge in [0.2, 0.25) is 10.1 Å². The summed E-state index contributed by atoms with van der Waals surface area (Å²) in [5, 5.41) is 8.54. The highest BCUT2D eigenvalue weighted by Gasteiger charge is 2.33. The first-order chi connectivity index (χ1) is 14.0. The van der Waals surface area contributed by atoms with Crippen LogP contribution in [0.3, 0.4) is 0 Å². The second kappa shape index (κ2) is 8.38. The Balaban J connectivity index is 1.52. The predicted molar refractivity (Wildman–Crippen MR) is 115 cm³/mol. The minimum absolute atomic E-state index is 0.0978. The van der Waals surface area contributed by atoms with Gasteiger partial charge in [0.15, 0.2) is 0 Å². The highest BCUT2D eigenvalue weighted by Crippen LogP contribution is 2.37. The van der Waals surface area contributed by atoms with Crippen LogP contribution in [0.15, 0.2) is 29.1 Å². The van der Waals surface area contributed by atoms with Crippen molar-refractivity contribution in [2.75, 3.05) is 25.5 Å². The second-order valence-electron chi connectivity index (χ2n) is 7.47. The van der Waals surface area contributed by atoms with Crippen LogP contribution < -0.4 is 10.9 Å². The van der Waals surface area contributed by atoms with Gasteiger partial charge in [0.1, 0.15) is 5.82 Å². The van der Waals surface area contributed by atoms with Crippen molar-refractivity contribution in [3.05, 3.63) is 56.7 Å². The molecule has 0 radical (unpaired) electrons. The average Bonchev–Trinajstić information content (AvgIpc) is 3.26. The summed E-state index contributed by atoms with van der Waals surface area (Å²) in [6.07, 6.45) is 2.71. The zero-order chi connectivity index (χ0) is 20.5. The average molecular weight is 436 g/mol. The molecule has 1 aliphatic rings. The van der Waals surface area contributed by atoms with Crippen molar-refractivity contribution in [2.45, 2.75) is 32.2 Å². The van der Waals surface area contributed by atoms with E-state index in [9.17, 15) is 9.18 Å². The summed E-state index contributed by atoms with van der Waals surface area (Å²) in [6.45, 7) is 3.67. The summed E-state index contributed by atoms with van der Waals surface area (Å²) in [5.74, 6) is -0.108. The molecule has 2 unspecified atom stereocenters. The van der Waals surface area contributed by atoms with Crippen LogP contribution in [0.5, 0.6) is 0 Å². The summed E-state index contributed by atoms with van der Waals surface area (Å²) in [4.78, 5) is 19.6. The van der Waals surface area contributed by atoms with Crippen LogP contribution in [0.1, 0.15) is 37.1 Å². The fraction of sp³-hybridized carbons (Fsp3) is 0.450. The van der Waals surface area contributed by atoms with Crippen molar-refractivity contribution in [3.8, 4) is 0 Å². The van der Waals surface area contributed by atoms with Crippen molar-refractivity contribution in [3.63, 3.8) is 0 Å². The number of hydrogen-bond acceptors (Lipinski definition) is 6. The summed E-state index contributed by atoms with van der Waals surface area (Å²) in [6, 6.07) is 6.68. The van der Waals surface area contributed by atoms with Crippen molar-refractivity contribution in [1.82, 2.24) is 19.5 Å². The molecule has 154 valence electrons. The minimum atomic E-state index is -0.393. The molecule has 0 amide bonds. The molecule has 1 aliphatic heterocycles. The molecule has 9 heteroatoms. The first-order valence-corrected chi connectivity index (χ1v) is 10.9. The van der Waals surface area contributed by atoms with Crippen molar-refractivity contribution >= 4 is 33.0 Å². The number of fused-ring (bicyclic) bond motifs is 1. The Kier molecular flexibility index (Phi) is 5.85. The first kappa shape index (κ1) is 20.3. The third-order valence-corrected chi connectivity index (χ3v) is 6.55. The Morgan fingerprint density at radius 1 is 1.38 bits per heavy atom. The monoisotopic (exact) mass is 435 g/mol. The summed E-state index contributed by atoms with van der Waals surface area (Å²) in [7, 11) is 2.05. The molecule has 1 saturated heterocycles. The van der Waals surface area contributed by atoms with E-state index in [0.717, 1.165) is 37.1 Å². The molecule has 0 bridgehead atoms. The predicted octanol–water partition coefficient (Wildman–Crippen LogP) is 4.00. The number of nitrogens with zero attached hydrogens (tertiary/aromatic N) is 4. The lowest BCUT2D eigenvalue weighted by Gasteiger charge is -2.26. The Morgan fingerprint density at radius 3 is 2.97 bits per heavy atom. The van der Waals surface area contributed by atoms with Gasteiger partial charge in [-0.05, 0) is 50.0 Å². The summed E-state index contributed by atoms with van der Waals surface area (Å²) < 4.78 is 15.3. The number of nitrogens with one attached hydrogen (secondary N) is 1. The Bertz CT molecular complexity index is 1080. The number of benzene rings is 1. The van der Waals surface area contributed by atoms with Crippen LogP contribution in [-0.4, -0.2) is 39.6 Å². The number of aryl methyl sites for hydroxylation is 1. The fourth-order valence-electron chi connectivity index (χ4n) is 3.99. The lowest BCUT2D eigenvalue weighted by atomic mass is 9.93. The lowest BCUT2D eigenvalue weighted by molar-refractivity contribution is 0.281. The van der Waals surface area contributed by atoms with Gasteiger partial charge >= 0.3 is 0 Å². The number of halogens is 2. The SMILES string of the molecule is CCCc1cc(=O)n2nc(NCC3CCN(C)C3c3ccc(Cl)c(F)c3)sc2n1. The van der Waals surface area contributed by atoms with Gasteiger partial charge in [-0.1, -0.05) is 42.3 Å². The molecular weight excluding hydrogens is 413 g/mol. The number of rotatable bonds is 6. The normalized spacial score (nSPS) is 19.9. The van der Waals surface area contributed by atoms with Crippen molar-refractivity contribution in [1.29, 1.82) is 0 Å². The number of hydrogen-bond donors (Lipinski definition) is 1. The molecule has 0 spiro atoms. The number of anilines is 1. The third-order valence-electron chi connectivity index (χ3n) is 5.38. The van der Waals surface area contributed by atoms with Crippen LogP contribution in [0.25, 0.3) is 4.96 Å². The summed E-state index contributed by atoms with van der Waals surface area (Å²) >= 11 is 7.22. The van der Waals surface area contributed by atoms with E-state index < -0.39 is 5.82 Å². The third kappa shape index (κ3) is 4.15. The second-order valence-corrected chi connectivity index (χ2v) is 8.83. The van der Waals surface area contributed by atoms with E-state index in [-0.39, 0.29) is 22.5 Å². The summed E-state index contributed by atoms with van der Waals surface area (Å²) in [5.41, 5.74) is 1.57. The van der Waals surface area contributed by atoms with Crippen LogP contribution in [0.2, 0.25) is 5.02 Å². The maximum absolute atomic E-state index is 14.0. The molecule has 1 fully saturated rings. The molecule has 2 atom stereocenters. The van der Waals surface area contributed by atoms with E-state index in [0.29, 0.717) is 16.6 Å². The Labute approximate surface area is 177 Å². The molecule has 0 saturated carbocycles. The minimum Gasteiger partial charge on any atom is -0.360 e. The van der Waals surface area contributed by atoms with Gasteiger partial charge in [0, 0.05) is 24.3 Å². The molecule has 29 heavy (non-hydrogen) atoms. The lowest BCUT2D eigenvalue weighted by Crippen LogP contribution is -2.25. The smallest absolute Gasteiger partial charge is 0.275 e. The van der Waals surface area contributed by atoms with Gasteiger partial charge in [-0.3, -0.25) is 9.69 Å². The highest BCUT2D eigenvalue weighted by atomic mass is 35.5. The van der Waals surface area contributed by atoms with Crippen LogP contribution in [0.4, 0.5) is 9.52 Å². The zero-order valence-corrected chi connectivity index (χ0v) is 17.9. The molecule has 1 aromatic carbocycles. The largest absolute Gasteiger partial charge is 0.360 e. The van der Waals surface area contributed by atoms with Gasteiger partial charge in [-0.15, -0.1) is 5.10 Å². The molecule has 3 aromatic rings. The maximum Gasteiger partial charge on any atom is 0.275 e. The topological polar surface area (TPSA) is 62.5 Å². The quantitative estimate of drug-likeness (QED) is 0.634. The Hall–Kier alpha value is -2.03.